The lowest BCUT2D eigenvalue weighted by molar-refractivity contribution is 0.471. The summed E-state index contributed by atoms with van der Waals surface area (Å²) in [4.78, 5) is 0. The average molecular weight is 262 g/mol. The van der Waals surface area contributed by atoms with Gasteiger partial charge >= 0.3 is 0 Å². The number of nitrogen functional groups attached to an aromatic ring is 1. The first-order valence-corrected chi connectivity index (χ1v) is 7.72. The van der Waals surface area contributed by atoms with E-state index >= 15 is 0 Å². The lowest BCUT2D eigenvalue weighted by Gasteiger charge is -2.16. The molecule has 0 fully saturated rings. The molecule has 3 N–H and O–H groups in total. The van der Waals surface area contributed by atoms with E-state index in [0.717, 1.165) is 12.2 Å². The minimum Gasteiger partial charge on any atom is -0.399 e. The van der Waals surface area contributed by atoms with Crippen molar-refractivity contribution in [2.45, 2.75) is 64.8 Å². The maximum absolute atomic E-state index is 5.71. The van der Waals surface area contributed by atoms with Crippen molar-refractivity contribution in [1.29, 1.82) is 0 Å². The molecule has 0 radical (unpaired) electrons. The number of benzene rings is 1. The number of hydrogen-bond acceptors (Lipinski definition) is 2. The molecule has 2 nitrogen and oxygen atoms in total. The summed E-state index contributed by atoms with van der Waals surface area (Å²) in [6, 6.07) is 8.92. The third-order valence-electron chi connectivity index (χ3n) is 3.82. The van der Waals surface area contributed by atoms with Crippen LogP contribution in [0.25, 0.3) is 0 Å². The first-order valence-electron chi connectivity index (χ1n) is 7.72. The molecular formula is C17H30N2. The molecule has 2 atom stereocenters. The third kappa shape index (κ3) is 6.63. The van der Waals surface area contributed by atoms with Crippen LogP contribution in [0.3, 0.4) is 0 Å². The monoisotopic (exact) mass is 262 g/mol. The number of nitrogens with one attached hydrogen (secondary N) is 1. The SMILES string of the molecule is CCCCCC(C)NCCC(C)c1ccc(N)cc1. The van der Waals surface area contributed by atoms with Crippen LogP contribution in [0.2, 0.25) is 0 Å². The molecule has 1 aromatic carbocycles. The van der Waals surface area contributed by atoms with Gasteiger partial charge in [-0.05, 0) is 49.9 Å². The van der Waals surface area contributed by atoms with Gasteiger partial charge in [0.15, 0.2) is 0 Å². The van der Waals surface area contributed by atoms with Gasteiger partial charge in [-0.2, -0.15) is 0 Å². The normalized spacial score (nSPS) is 14.3. The number of anilines is 1. The molecule has 2 heteroatoms. The molecule has 0 aliphatic rings. The van der Waals surface area contributed by atoms with Gasteiger partial charge in [0.25, 0.3) is 0 Å². The molecular weight excluding hydrogens is 232 g/mol. The lowest BCUT2D eigenvalue weighted by atomic mass is 9.97. The second-order valence-corrected chi connectivity index (χ2v) is 5.71. The highest BCUT2D eigenvalue weighted by Crippen LogP contribution is 2.19. The lowest BCUT2D eigenvalue weighted by Crippen LogP contribution is -2.27. The minimum absolute atomic E-state index is 0.593. The first-order chi connectivity index (χ1) is 9.13. The Morgan fingerprint density at radius 3 is 2.37 bits per heavy atom. The van der Waals surface area contributed by atoms with Crippen LogP contribution in [0.15, 0.2) is 24.3 Å². The van der Waals surface area contributed by atoms with Crippen LogP contribution >= 0.6 is 0 Å². The highest BCUT2D eigenvalue weighted by atomic mass is 14.9. The van der Waals surface area contributed by atoms with Gasteiger partial charge in [0.2, 0.25) is 0 Å². The van der Waals surface area contributed by atoms with Crippen LogP contribution in [0, 0.1) is 0 Å². The molecule has 0 spiro atoms. The zero-order valence-electron chi connectivity index (χ0n) is 12.8. The summed E-state index contributed by atoms with van der Waals surface area (Å²) >= 11 is 0. The molecule has 108 valence electrons. The Morgan fingerprint density at radius 1 is 1.05 bits per heavy atom. The minimum atomic E-state index is 0.593. The molecule has 0 amide bonds. The van der Waals surface area contributed by atoms with Crippen molar-refractivity contribution in [2.75, 3.05) is 12.3 Å². The fourth-order valence-corrected chi connectivity index (χ4v) is 2.34. The fraction of sp³-hybridized carbons (Fsp3) is 0.647. The van der Waals surface area contributed by atoms with Crippen molar-refractivity contribution in [2.24, 2.45) is 0 Å². The Bertz CT molecular complexity index is 332. The summed E-state index contributed by atoms with van der Waals surface area (Å²) in [6.07, 6.45) is 6.49. The second-order valence-electron chi connectivity index (χ2n) is 5.71. The molecule has 0 bridgehead atoms. The number of hydrogen-bond donors (Lipinski definition) is 2. The van der Waals surface area contributed by atoms with E-state index in [1.807, 2.05) is 12.1 Å². The van der Waals surface area contributed by atoms with Crippen molar-refractivity contribution in [3.05, 3.63) is 29.8 Å². The summed E-state index contributed by atoms with van der Waals surface area (Å²) in [6.45, 7) is 7.93. The summed E-state index contributed by atoms with van der Waals surface area (Å²) in [7, 11) is 0. The highest BCUT2D eigenvalue weighted by Gasteiger charge is 2.06. The van der Waals surface area contributed by atoms with Crippen molar-refractivity contribution in [3.63, 3.8) is 0 Å². The zero-order valence-corrected chi connectivity index (χ0v) is 12.8. The molecule has 2 unspecified atom stereocenters. The van der Waals surface area contributed by atoms with Gasteiger partial charge in [-0.3, -0.25) is 0 Å². The maximum Gasteiger partial charge on any atom is 0.0314 e. The topological polar surface area (TPSA) is 38.0 Å². The van der Waals surface area contributed by atoms with E-state index in [9.17, 15) is 0 Å². The van der Waals surface area contributed by atoms with E-state index in [0.29, 0.717) is 12.0 Å². The van der Waals surface area contributed by atoms with Gasteiger partial charge in [0, 0.05) is 11.7 Å². The van der Waals surface area contributed by atoms with Crippen molar-refractivity contribution in [3.8, 4) is 0 Å². The Hall–Kier alpha value is -1.02. The first kappa shape index (κ1) is 16.0. The summed E-state index contributed by atoms with van der Waals surface area (Å²) < 4.78 is 0. The van der Waals surface area contributed by atoms with Crippen molar-refractivity contribution >= 4 is 5.69 Å². The van der Waals surface area contributed by atoms with E-state index in [1.54, 1.807) is 0 Å². The predicted octanol–water partition coefficient (Wildman–Crippen LogP) is 4.32. The van der Waals surface area contributed by atoms with Gasteiger partial charge in [0.1, 0.15) is 0 Å². The predicted molar refractivity (Wildman–Crippen MR) is 85.5 cm³/mol. The van der Waals surface area contributed by atoms with E-state index in [2.05, 4.69) is 38.2 Å². The molecule has 0 saturated heterocycles. The van der Waals surface area contributed by atoms with Crippen LogP contribution in [-0.2, 0) is 0 Å². The van der Waals surface area contributed by atoms with Crippen LogP contribution in [0.4, 0.5) is 5.69 Å². The van der Waals surface area contributed by atoms with E-state index in [-0.39, 0.29) is 0 Å². The second kappa shape index (κ2) is 8.98. The zero-order chi connectivity index (χ0) is 14.1. The number of rotatable bonds is 9. The summed E-state index contributed by atoms with van der Waals surface area (Å²) in [5.74, 6) is 0.593. The maximum atomic E-state index is 5.71. The van der Waals surface area contributed by atoms with Gasteiger partial charge in [-0.1, -0.05) is 45.2 Å². The molecule has 0 aliphatic heterocycles. The largest absolute Gasteiger partial charge is 0.399 e. The van der Waals surface area contributed by atoms with Crippen molar-refractivity contribution < 1.29 is 0 Å². The summed E-state index contributed by atoms with van der Waals surface area (Å²) in [5, 5.41) is 3.63. The van der Waals surface area contributed by atoms with E-state index in [4.69, 9.17) is 5.73 Å². The van der Waals surface area contributed by atoms with Crippen molar-refractivity contribution in [1.82, 2.24) is 5.32 Å². The Labute approximate surface area is 118 Å². The van der Waals surface area contributed by atoms with Gasteiger partial charge in [-0.15, -0.1) is 0 Å². The van der Waals surface area contributed by atoms with Gasteiger partial charge in [0.05, 0.1) is 0 Å². The summed E-state index contributed by atoms with van der Waals surface area (Å²) in [5.41, 5.74) is 7.94. The third-order valence-corrected chi connectivity index (χ3v) is 3.82. The Balaban J connectivity index is 2.19. The Kier molecular flexibility index (Phi) is 7.57. The van der Waals surface area contributed by atoms with Crippen LogP contribution in [-0.4, -0.2) is 12.6 Å². The molecule has 0 aromatic heterocycles. The highest BCUT2D eigenvalue weighted by molar-refractivity contribution is 5.40. The standard InChI is InChI=1S/C17H30N2/c1-4-5-6-7-15(3)19-13-12-14(2)16-8-10-17(18)11-9-16/h8-11,14-15,19H,4-7,12-13,18H2,1-3H3. The average Bonchev–Trinajstić information content (AvgIpc) is 2.39. The van der Waals surface area contributed by atoms with E-state index in [1.165, 1.54) is 37.7 Å². The fourth-order valence-electron chi connectivity index (χ4n) is 2.34. The van der Waals surface area contributed by atoms with Crippen LogP contribution in [0.5, 0.6) is 0 Å². The smallest absolute Gasteiger partial charge is 0.0314 e. The van der Waals surface area contributed by atoms with Crippen LogP contribution < -0.4 is 11.1 Å². The molecule has 0 aliphatic carbocycles. The molecule has 19 heavy (non-hydrogen) atoms. The molecule has 0 heterocycles. The molecule has 1 aromatic rings. The van der Waals surface area contributed by atoms with Crippen LogP contribution in [0.1, 0.15) is 64.4 Å². The number of nitrogens with two attached hydrogens (primary N) is 1. The quantitative estimate of drug-likeness (QED) is 0.514. The van der Waals surface area contributed by atoms with Gasteiger partial charge < -0.3 is 11.1 Å². The molecule has 1 rings (SSSR count). The van der Waals surface area contributed by atoms with Gasteiger partial charge in [-0.25, -0.2) is 0 Å². The molecule has 0 saturated carbocycles. The number of unbranched alkanes of at least 4 members (excludes halogenated alkanes) is 2. The van der Waals surface area contributed by atoms with E-state index < -0.39 is 0 Å². The Morgan fingerprint density at radius 2 is 1.74 bits per heavy atom.